The van der Waals surface area contributed by atoms with E-state index < -0.39 is 43.1 Å². The number of carbonyl (C=O) groups excluding carboxylic acids is 4. The fourth-order valence-electron chi connectivity index (χ4n) is 1.96. The third-order valence-corrected chi connectivity index (χ3v) is 4.05. The summed E-state index contributed by atoms with van der Waals surface area (Å²) < 4.78 is 40.7. The van der Waals surface area contributed by atoms with Crippen LogP contribution in [0, 0.1) is 0 Å². The maximum atomic E-state index is 12.2. The van der Waals surface area contributed by atoms with Crippen molar-refractivity contribution < 1.29 is 37.1 Å². The molecule has 0 saturated heterocycles. The third kappa shape index (κ3) is 7.25. The summed E-state index contributed by atoms with van der Waals surface area (Å²) in [5.41, 5.74) is 0.0888. The van der Waals surface area contributed by atoms with Gasteiger partial charge in [-0.05, 0) is 23.6 Å². The minimum atomic E-state index is -4.63. The average molecular weight is 429 g/mol. The molecule has 1 aromatic carbocycles. The number of ether oxygens (including phenoxy) is 1. The monoisotopic (exact) mass is 429 g/mol. The van der Waals surface area contributed by atoms with E-state index in [1.807, 2.05) is 0 Å². The quantitative estimate of drug-likeness (QED) is 0.611. The molecule has 8 nitrogen and oxygen atoms in total. The standard InChI is InChI=1S/C17H14F3N3O5S/c18-17(19,20)9-21-16(27)23-13(24)8-28-15(26)10-4-1-2-5-11(10)22-14(25)12-6-3-7-29-12/h1-7H,8-9H2,(H,22,25)(H2,21,23,24,27). The highest BCUT2D eigenvalue weighted by molar-refractivity contribution is 7.12. The molecule has 12 heteroatoms. The van der Waals surface area contributed by atoms with Gasteiger partial charge in [-0.1, -0.05) is 18.2 Å². The number of anilines is 1. The van der Waals surface area contributed by atoms with E-state index in [4.69, 9.17) is 4.74 Å². The Morgan fingerprint density at radius 1 is 1.03 bits per heavy atom. The molecule has 4 amide bonds. The van der Waals surface area contributed by atoms with Crippen molar-refractivity contribution in [2.45, 2.75) is 6.18 Å². The number of rotatable bonds is 6. The van der Waals surface area contributed by atoms with Gasteiger partial charge in [0.15, 0.2) is 6.61 Å². The van der Waals surface area contributed by atoms with Crippen LogP contribution in [0.5, 0.6) is 0 Å². The van der Waals surface area contributed by atoms with E-state index in [0.717, 1.165) is 0 Å². The summed E-state index contributed by atoms with van der Waals surface area (Å²) in [6.07, 6.45) is -4.63. The van der Waals surface area contributed by atoms with Crippen LogP contribution in [-0.4, -0.2) is 43.1 Å². The maximum absolute atomic E-state index is 12.2. The molecular weight excluding hydrogens is 415 g/mol. The molecule has 0 radical (unpaired) electrons. The second-order valence-electron chi connectivity index (χ2n) is 5.40. The van der Waals surface area contributed by atoms with Crippen LogP contribution in [0.25, 0.3) is 0 Å². The molecule has 0 aliphatic carbocycles. The molecule has 0 fully saturated rings. The summed E-state index contributed by atoms with van der Waals surface area (Å²) >= 11 is 1.20. The molecule has 0 bridgehead atoms. The molecule has 0 aliphatic heterocycles. The van der Waals surface area contributed by atoms with Gasteiger partial charge in [-0.25, -0.2) is 9.59 Å². The van der Waals surface area contributed by atoms with Crippen LogP contribution in [0.1, 0.15) is 20.0 Å². The number of carbonyl (C=O) groups is 4. The SMILES string of the molecule is O=C(COC(=O)c1ccccc1NC(=O)c1cccs1)NC(=O)NCC(F)(F)F. The summed E-state index contributed by atoms with van der Waals surface area (Å²) in [5, 5.41) is 7.28. The molecule has 0 aliphatic rings. The van der Waals surface area contributed by atoms with Crippen molar-refractivity contribution >= 4 is 40.8 Å². The first-order valence-corrected chi connectivity index (χ1v) is 8.79. The Balaban J connectivity index is 1.90. The second-order valence-corrected chi connectivity index (χ2v) is 6.35. The van der Waals surface area contributed by atoms with Gasteiger partial charge in [-0.3, -0.25) is 14.9 Å². The lowest BCUT2D eigenvalue weighted by Crippen LogP contribution is -2.44. The number of urea groups is 1. The first-order valence-electron chi connectivity index (χ1n) is 7.91. The number of thiophene rings is 1. The van der Waals surface area contributed by atoms with E-state index in [-0.39, 0.29) is 11.3 Å². The maximum Gasteiger partial charge on any atom is 0.405 e. The van der Waals surface area contributed by atoms with E-state index >= 15 is 0 Å². The first-order chi connectivity index (χ1) is 13.7. The van der Waals surface area contributed by atoms with Gasteiger partial charge < -0.3 is 15.4 Å². The zero-order chi connectivity index (χ0) is 21.4. The Morgan fingerprint density at radius 3 is 2.41 bits per heavy atom. The number of alkyl halides is 3. The Labute approximate surface area is 166 Å². The van der Waals surface area contributed by atoms with Gasteiger partial charge >= 0.3 is 18.2 Å². The highest BCUT2D eigenvalue weighted by Gasteiger charge is 2.28. The van der Waals surface area contributed by atoms with E-state index in [0.29, 0.717) is 4.88 Å². The molecule has 154 valence electrons. The summed E-state index contributed by atoms with van der Waals surface area (Å²) in [7, 11) is 0. The molecule has 29 heavy (non-hydrogen) atoms. The van der Waals surface area contributed by atoms with Crippen molar-refractivity contribution in [3.8, 4) is 0 Å². The minimum Gasteiger partial charge on any atom is -0.452 e. The van der Waals surface area contributed by atoms with Crippen molar-refractivity contribution in [3.63, 3.8) is 0 Å². The molecule has 0 unspecified atom stereocenters. The average Bonchev–Trinajstić information content (AvgIpc) is 3.19. The van der Waals surface area contributed by atoms with Crippen molar-refractivity contribution in [2.24, 2.45) is 0 Å². The van der Waals surface area contributed by atoms with Crippen molar-refractivity contribution in [2.75, 3.05) is 18.5 Å². The lowest BCUT2D eigenvalue weighted by Gasteiger charge is -2.11. The third-order valence-electron chi connectivity index (χ3n) is 3.18. The van der Waals surface area contributed by atoms with Crippen molar-refractivity contribution in [1.82, 2.24) is 10.6 Å². The Hall–Kier alpha value is -3.41. The number of nitrogens with one attached hydrogen (secondary N) is 3. The number of imide groups is 1. The Bertz CT molecular complexity index is 900. The Kier molecular flexibility index (Phi) is 7.31. The molecule has 2 aromatic rings. The van der Waals surface area contributed by atoms with Gasteiger partial charge in [0, 0.05) is 0 Å². The molecule has 1 heterocycles. The fraction of sp³-hybridized carbons (Fsp3) is 0.176. The number of benzene rings is 1. The zero-order valence-corrected chi connectivity index (χ0v) is 15.4. The predicted molar refractivity (Wildman–Crippen MR) is 96.6 cm³/mol. The van der Waals surface area contributed by atoms with Crippen LogP contribution in [0.2, 0.25) is 0 Å². The molecule has 0 spiro atoms. The van der Waals surface area contributed by atoms with Gasteiger partial charge in [0.05, 0.1) is 16.1 Å². The number of hydrogen-bond acceptors (Lipinski definition) is 6. The van der Waals surface area contributed by atoms with E-state index in [1.165, 1.54) is 34.9 Å². The van der Waals surface area contributed by atoms with Gasteiger partial charge in [0.1, 0.15) is 6.54 Å². The van der Waals surface area contributed by atoms with Crippen LogP contribution < -0.4 is 16.0 Å². The molecule has 0 atom stereocenters. The van der Waals surface area contributed by atoms with Gasteiger partial charge in [-0.2, -0.15) is 13.2 Å². The molecule has 3 N–H and O–H groups in total. The van der Waals surface area contributed by atoms with Gasteiger partial charge in [-0.15, -0.1) is 11.3 Å². The number of amides is 4. The highest BCUT2D eigenvalue weighted by atomic mass is 32.1. The fourth-order valence-corrected chi connectivity index (χ4v) is 2.58. The van der Waals surface area contributed by atoms with Crippen LogP contribution in [0.4, 0.5) is 23.7 Å². The van der Waals surface area contributed by atoms with Crippen LogP contribution in [0.15, 0.2) is 41.8 Å². The van der Waals surface area contributed by atoms with Crippen molar-refractivity contribution in [1.29, 1.82) is 0 Å². The lowest BCUT2D eigenvalue weighted by molar-refractivity contribution is -0.125. The molecular formula is C17H14F3N3O5S. The number of hydrogen-bond donors (Lipinski definition) is 3. The number of para-hydroxylation sites is 1. The topological polar surface area (TPSA) is 114 Å². The number of halogens is 3. The molecule has 0 saturated carbocycles. The van der Waals surface area contributed by atoms with Crippen molar-refractivity contribution in [3.05, 3.63) is 52.2 Å². The zero-order valence-electron chi connectivity index (χ0n) is 14.5. The highest BCUT2D eigenvalue weighted by Crippen LogP contribution is 2.19. The Morgan fingerprint density at radius 2 is 1.76 bits per heavy atom. The summed E-state index contributed by atoms with van der Waals surface area (Å²) in [6, 6.07) is 7.76. The molecule has 2 rings (SSSR count). The second kappa shape index (κ2) is 9.68. The number of esters is 1. The largest absolute Gasteiger partial charge is 0.452 e. The van der Waals surface area contributed by atoms with Gasteiger partial charge in [0.2, 0.25) is 0 Å². The minimum absolute atomic E-state index is 0.0493. The summed E-state index contributed by atoms with van der Waals surface area (Å²) in [4.78, 5) is 47.4. The predicted octanol–water partition coefficient (Wildman–Crippen LogP) is 2.55. The first kappa shape index (κ1) is 21.9. The summed E-state index contributed by atoms with van der Waals surface area (Å²) in [6.45, 7) is -2.53. The van der Waals surface area contributed by atoms with E-state index in [9.17, 15) is 32.3 Å². The van der Waals surface area contributed by atoms with Crippen LogP contribution in [-0.2, 0) is 9.53 Å². The smallest absolute Gasteiger partial charge is 0.405 e. The van der Waals surface area contributed by atoms with Crippen LogP contribution >= 0.6 is 11.3 Å². The van der Waals surface area contributed by atoms with Crippen LogP contribution in [0.3, 0.4) is 0 Å². The van der Waals surface area contributed by atoms with E-state index in [2.05, 4.69) is 5.32 Å². The van der Waals surface area contributed by atoms with E-state index in [1.54, 1.807) is 28.9 Å². The molecule has 1 aromatic heterocycles. The lowest BCUT2D eigenvalue weighted by atomic mass is 10.2. The normalized spacial score (nSPS) is 10.7. The summed E-state index contributed by atoms with van der Waals surface area (Å²) in [5.74, 6) is -2.55. The van der Waals surface area contributed by atoms with Gasteiger partial charge in [0.25, 0.3) is 11.8 Å².